The van der Waals surface area contributed by atoms with Crippen molar-refractivity contribution in [1.29, 1.82) is 0 Å². The van der Waals surface area contributed by atoms with E-state index in [-0.39, 0.29) is 12.0 Å². The second kappa shape index (κ2) is 5.11. The highest BCUT2D eigenvalue weighted by molar-refractivity contribution is 5.79. The molecule has 1 aliphatic rings. The highest BCUT2D eigenvalue weighted by Gasteiger charge is 2.48. The Morgan fingerprint density at radius 3 is 2.50 bits per heavy atom. The smallest absolute Gasteiger partial charge is 0.323 e. The predicted octanol–water partition coefficient (Wildman–Crippen LogP) is 2.98. The quantitative estimate of drug-likeness (QED) is 0.812. The molecule has 0 amide bonds. The molecule has 2 rings (SSSR count). The van der Waals surface area contributed by atoms with E-state index in [4.69, 9.17) is 0 Å². The van der Waals surface area contributed by atoms with Crippen LogP contribution in [0, 0.1) is 5.92 Å². The van der Waals surface area contributed by atoms with Crippen LogP contribution in [0.4, 0.5) is 0 Å². The van der Waals surface area contributed by atoms with Crippen molar-refractivity contribution in [3.63, 3.8) is 0 Å². The largest absolute Gasteiger partial charge is 0.480 e. The van der Waals surface area contributed by atoms with Crippen LogP contribution in [-0.4, -0.2) is 16.6 Å². The molecule has 1 fully saturated rings. The van der Waals surface area contributed by atoms with E-state index in [0.717, 1.165) is 24.8 Å². The summed E-state index contributed by atoms with van der Waals surface area (Å²) in [5.41, 5.74) is 0.365. The summed E-state index contributed by atoms with van der Waals surface area (Å²) in [6.07, 6.45) is 2.92. The van der Waals surface area contributed by atoms with Gasteiger partial charge in [-0.05, 0) is 37.7 Å². The van der Waals surface area contributed by atoms with Crippen molar-refractivity contribution < 1.29 is 9.90 Å². The van der Waals surface area contributed by atoms with E-state index in [1.165, 1.54) is 0 Å². The molecule has 0 spiro atoms. The SMILES string of the molecule is CCC(NC(C)(C(=O)O)C1CC1)c1ccccc1. The van der Waals surface area contributed by atoms with E-state index in [2.05, 4.69) is 24.4 Å². The van der Waals surface area contributed by atoms with Gasteiger partial charge in [0.25, 0.3) is 0 Å². The van der Waals surface area contributed by atoms with Crippen LogP contribution in [0.2, 0.25) is 0 Å². The van der Waals surface area contributed by atoms with Crippen LogP contribution < -0.4 is 5.32 Å². The molecule has 0 aromatic heterocycles. The van der Waals surface area contributed by atoms with Crippen molar-refractivity contribution in [2.75, 3.05) is 0 Å². The minimum absolute atomic E-state index is 0.105. The molecule has 18 heavy (non-hydrogen) atoms. The lowest BCUT2D eigenvalue weighted by atomic mass is 9.92. The first kappa shape index (κ1) is 13.1. The Kier molecular flexibility index (Phi) is 3.71. The summed E-state index contributed by atoms with van der Waals surface area (Å²) >= 11 is 0. The van der Waals surface area contributed by atoms with Gasteiger partial charge in [0.15, 0.2) is 0 Å². The Bertz CT molecular complexity index is 414. The summed E-state index contributed by atoms with van der Waals surface area (Å²) in [4.78, 5) is 11.5. The third-order valence-corrected chi connectivity index (χ3v) is 3.92. The fraction of sp³-hybridized carbons (Fsp3) is 0.533. The van der Waals surface area contributed by atoms with Crippen molar-refractivity contribution in [2.45, 2.75) is 44.7 Å². The molecular formula is C15H21NO2. The first-order chi connectivity index (χ1) is 8.58. The number of benzene rings is 1. The van der Waals surface area contributed by atoms with Gasteiger partial charge in [0.2, 0.25) is 0 Å². The second-order valence-electron chi connectivity index (χ2n) is 5.30. The lowest BCUT2D eigenvalue weighted by molar-refractivity contribution is -0.145. The van der Waals surface area contributed by atoms with Gasteiger partial charge in [-0.3, -0.25) is 10.1 Å². The Balaban J connectivity index is 2.17. The number of carbonyl (C=O) groups is 1. The summed E-state index contributed by atoms with van der Waals surface area (Å²) in [5.74, 6) is -0.466. The van der Waals surface area contributed by atoms with E-state index in [1.807, 2.05) is 25.1 Å². The Labute approximate surface area is 108 Å². The van der Waals surface area contributed by atoms with Crippen LogP contribution in [0.5, 0.6) is 0 Å². The maximum atomic E-state index is 11.5. The summed E-state index contributed by atoms with van der Waals surface area (Å²) in [5, 5.41) is 12.8. The van der Waals surface area contributed by atoms with E-state index in [0.29, 0.717) is 0 Å². The molecule has 1 aliphatic carbocycles. The van der Waals surface area contributed by atoms with Crippen LogP contribution in [-0.2, 0) is 4.79 Å². The van der Waals surface area contributed by atoms with Crippen LogP contribution in [0.25, 0.3) is 0 Å². The van der Waals surface area contributed by atoms with Gasteiger partial charge < -0.3 is 5.11 Å². The van der Waals surface area contributed by atoms with Crippen molar-refractivity contribution >= 4 is 5.97 Å². The summed E-state index contributed by atoms with van der Waals surface area (Å²) in [7, 11) is 0. The molecule has 0 bridgehead atoms. The van der Waals surface area contributed by atoms with Gasteiger partial charge in [-0.1, -0.05) is 37.3 Å². The number of carboxylic acids is 1. The zero-order valence-corrected chi connectivity index (χ0v) is 11.0. The topological polar surface area (TPSA) is 49.3 Å². The van der Waals surface area contributed by atoms with E-state index in [9.17, 15) is 9.90 Å². The van der Waals surface area contributed by atoms with E-state index < -0.39 is 11.5 Å². The van der Waals surface area contributed by atoms with Gasteiger partial charge in [-0.25, -0.2) is 0 Å². The third kappa shape index (κ3) is 2.56. The van der Waals surface area contributed by atoms with Crippen LogP contribution in [0.1, 0.15) is 44.7 Å². The zero-order valence-electron chi connectivity index (χ0n) is 11.0. The maximum absolute atomic E-state index is 11.5. The molecule has 1 saturated carbocycles. The standard InChI is InChI=1S/C15H21NO2/c1-3-13(11-7-5-4-6-8-11)16-15(2,14(17)18)12-9-10-12/h4-8,12-13,16H,3,9-10H2,1-2H3,(H,17,18). The Morgan fingerprint density at radius 1 is 1.44 bits per heavy atom. The Morgan fingerprint density at radius 2 is 2.06 bits per heavy atom. The number of aliphatic carboxylic acids is 1. The number of nitrogens with one attached hydrogen (secondary N) is 1. The van der Waals surface area contributed by atoms with Crippen LogP contribution in [0.3, 0.4) is 0 Å². The molecule has 3 nitrogen and oxygen atoms in total. The normalized spacial score (nSPS) is 20.1. The summed E-state index contributed by atoms with van der Waals surface area (Å²) in [6.45, 7) is 3.90. The molecule has 0 heterocycles. The minimum atomic E-state index is -0.795. The number of rotatable bonds is 6. The molecule has 2 N–H and O–H groups in total. The van der Waals surface area contributed by atoms with E-state index in [1.54, 1.807) is 0 Å². The molecule has 2 atom stereocenters. The molecule has 3 heteroatoms. The van der Waals surface area contributed by atoms with Crippen LogP contribution in [0.15, 0.2) is 30.3 Å². The van der Waals surface area contributed by atoms with Gasteiger partial charge in [-0.15, -0.1) is 0 Å². The van der Waals surface area contributed by atoms with Gasteiger partial charge >= 0.3 is 5.97 Å². The van der Waals surface area contributed by atoms with Gasteiger partial charge in [-0.2, -0.15) is 0 Å². The number of hydrogen-bond donors (Lipinski definition) is 2. The fourth-order valence-electron chi connectivity index (χ4n) is 2.48. The third-order valence-electron chi connectivity index (χ3n) is 3.92. The van der Waals surface area contributed by atoms with Crippen molar-refractivity contribution in [2.24, 2.45) is 5.92 Å². The predicted molar refractivity (Wildman–Crippen MR) is 71.4 cm³/mol. The number of carboxylic acid groups (broad SMARTS) is 1. The molecule has 1 aromatic rings. The van der Waals surface area contributed by atoms with Gasteiger partial charge in [0, 0.05) is 6.04 Å². The average Bonchev–Trinajstić information content (AvgIpc) is 3.21. The molecule has 0 aliphatic heterocycles. The first-order valence-corrected chi connectivity index (χ1v) is 6.64. The van der Waals surface area contributed by atoms with Gasteiger partial charge in [0.1, 0.15) is 5.54 Å². The molecule has 0 saturated heterocycles. The summed E-state index contributed by atoms with van der Waals surface area (Å²) in [6, 6.07) is 10.2. The zero-order chi connectivity index (χ0) is 13.2. The Hall–Kier alpha value is -1.35. The minimum Gasteiger partial charge on any atom is -0.480 e. The molecular weight excluding hydrogens is 226 g/mol. The molecule has 2 unspecified atom stereocenters. The maximum Gasteiger partial charge on any atom is 0.323 e. The van der Waals surface area contributed by atoms with Gasteiger partial charge in [0.05, 0.1) is 0 Å². The number of hydrogen-bond acceptors (Lipinski definition) is 2. The average molecular weight is 247 g/mol. The lowest BCUT2D eigenvalue weighted by Crippen LogP contribution is -2.52. The van der Waals surface area contributed by atoms with Crippen molar-refractivity contribution in [3.8, 4) is 0 Å². The van der Waals surface area contributed by atoms with Crippen molar-refractivity contribution in [3.05, 3.63) is 35.9 Å². The van der Waals surface area contributed by atoms with Crippen molar-refractivity contribution in [1.82, 2.24) is 5.32 Å². The first-order valence-electron chi connectivity index (χ1n) is 6.64. The highest BCUT2D eigenvalue weighted by Crippen LogP contribution is 2.41. The second-order valence-corrected chi connectivity index (χ2v) is 5.30. The van der Waals surface area contributed by atoms with Crippen LogP contribution >= 0.6 is 0 Å². The highest BCUT2D eigenvalue weighted by atomic mass is 16.4. The molecule has 1 aromatic carbocycles. The molecule has 0 radical (unpaired) electrons. The monoisotopic (exact) mass is 247 g/mol. The fourth-order valence-corrected chi connectivity index (χ4v) is 2.48. The lowest BCUT2D eigenvalue weighted by Gasteiger charge is -2.31. The summed E-state index contributed by atoms with van der Waals surface area (Å²) < 4.78 is 0. The molecule has 98 valence electrons. The van der Waals surface area contributed by atoms with E-state index >= 15 is 0 Å².